The van der Waals surface area contributed by atoms with E-state index in [1.807, 2.05) is 0 Å². The van der Waals surface area contributed by atoms with E-state index >= 15 is 0 Å². The third-order valence-corrected chi connectivity index (χ3v) is 3.39. The third kappa shape index (κ3) is 4.82. The molecule has 1 N–H and O–H groups in total. The topological polar surface area (TPSA) is 32.7 Å². The second-order valence-electron chi connectivity index (χ2n) is 5.54. The number of aliphatic hydroxyl groups excluding tert-OH is 1. The normalized spacial score (nSPS) is 22.7. The van der Waals surface area contributed by atoms with Crippen LogP contribution in [-0.4, -0.2) is 41.9 Å². The van der Waals surface area contributed by atoms with E-state index in [1.165, 1.54) is 6.07 Å². The number of ether oxygens (including phenoxy) is 1. The van der Waals surface area contributed by atoms with E-state index in [0.717, 1.165) is 25.2 Å². The molecule has 2 atom stereocenters. The Bertz CT molecular complexity index is 525. The van der Waals surface area contributed by atoms with Gasteiger partial charge in [0.2, 0.25) is 0 Å². The molecule has 1 aromatic carbocycles. The van der Waals surface area contributed by atoms with Gasteiger partial charge in [-0.3, -0.25) is 4.90 Å². The maximum atomic E-state index is 13.7. The van der Waals surface area contributed by atoms with Crippen molar-refractivity contribution in [3.05, 3.63) is 35.1 Å². The first kappa shape index (κ1) is 16.0. The summed E-state index contributed by atoms with van der Waals surface area (Å²) < 4.78 is 19.4. The lowest BCUT2D eigenvalue weighted by Gasteiger charge is -2.35. The van der Waals surface area contributed by atoms with E-state index in [0.29, 0.717) is 12.0 Å². The largest absolute Gasteiger partial charge is 0.395 e. The summed E-state index contributed by atoms with van der Waals surface area (Å²) in [7, 11) is 0. The zero-order chi connectivity index (χ0) is 15.2. The Morgan fingerprint density at radius 2 is 2.05 bits per heavy atom. The summed E-state index contributed by atoms with van der Waals surface area (Å²) in [6.45, 7) is 6.67. The average molecular weight is 291 g/mol. The van der Waals surface area contributed by atoms with Gasteiger partial charge in [0, 0.05) is 26.1 Å². The minimum absolute atomic E-state index is 0.00212. The van der Waals surface area contributed by atoms with Crippen molar-refractivity contribution in [2.45, 2.75) is 39.0 Å². The fourth-order valence-corrected chi connectivity index (χ4v) is 2.65. The van der Waals surface area contributed by atoms with E-state index in [2.05, 4.69) is 30.6 Å². The van der Waals surface area contributed by atoms with Gasteiger partial charge in [-0.25, -0.2) is 4.39 Å². The van der Waals surface area contributed by atoms with E-state index in [4.69, 9.17) is 9.84 Å². The summed E-state index contributed by atoms with van der Waals surface area (Å²) in [6, 6.07) is 5.06. The van der Waals surface area contributed by atoms with Crippen molar-refractivity contribution in [2.75, 3.05) is 19.7 Å². The Balaban J connectivity index is 2.07. The van der Waals surface area contributed by atoms with Crippen LogP contribution in [0.3, 0.4) is 0 Å². The molecule has 0 saturated carbocycles. The molecule has 0 spiro atoms. The number of nitrogens with zero attached hydrogens (tertiary/aromatic N) is 1. The highest BCUT2D eigenvalue weighted by atomic mass is 19.1. The smallest absolute Gasteiger partial charge is 0.138 e. The van der Waals surface area contributed by atoms with E-state index in [1.54, 1.807) is 12.1 Å². The number of benzene rings is 1. The van der Waals surface area contributed by atoms with Gasteiger partial charge >= 0.3 is 0 Å². The Hall–Kier alpha value is -1.41. The molecule has 0 bridgehead atoms. The van der Waals surface area contributed by atoms with Crippen LogP contribution in [0.5, 0.6) is 0 Å². The maximum Gasteiger partial charge on any atom is 0.138 e. The van der Waals surface area contributed by atoms with Gasteiger partial charge in [-0.2, -0.15) is 0 Å². The summed E-state index contributed by atoms with van der Waals surface area (Å²) in [5.41, 5.74) is 1.45. The molecule has 2 rings (SSSR count). The first-order chi connectivity index (χ1) is 10.1. The number of rotatable bonds is 3. The van der Waals surface area contributed by atoms with E-state index in [9.17, 15) is 4.39 Å². The predicted molar refractivity (Wildman–Crippen MR) is 80.3 cm³/mol. The molecule has 1 aromatic rings. The molecule has 1 aliphatic heterocycles. The SMILES string of the molecule is CC1CN(Cc2ccc(F)c(C#CCCO)c2)CC(C)O1. The minimum atomic E-state index is -0.312. The zero-order valence-corrected chi connectivity index (χ0v) is 12.6. The van der Waals surface area contributed by atoms with Crippen LogP contribution in [0.15, 0.2) is 18.2 Å². The average Bonchev–Trinajstić information content (AvgIpc) is 2.41. The molecule has 0 aromatic heterocycles. The maximum absolute atomic E-state index is 13.7. The molecule has 1 aliphatic rings. The van der Waals surface area contributed by atoms with Crippen LogP contribution in [0, 0.1) is 17.7 Å². The number of halogens is 1. The lowest BCUT2D eigenvalue weighted by Crippen LogP contribution is -2.44. The van der Waals surface area contributed by atoms with Crippen molar-refractivity contribution in [1.82, 2.24) is 4.90 Å². The van der Waals surface area contributed by atoms with Crippen molar-refractivity contribution >= 4 is 0 Å². The van der Waals surface area contributed by atoms with Crippen molar-refractivity contribution in [1.29, 1.82) is 0 Å². The molecule has 4 heteroatoms. The Kier molecular flexibility index (Phi) is 5.75. The summed E-state index contributed by atoms with van der Waals surface area (Å²) in [4.78, 5) is 2.32. The quantitative estimate of drug-likeness (QED) is 0.866. The standard InChI is InChI=1S/C17H22FNO2/c1-13-10-19(11-14(2)21-13)12-15-6-7-17(18)16(9-15)5-3-4-8-20/h6-7,9,13-14,20H,4,8,10-12H2,1-2H3. The number of hydrogen-bond acceptors (Lipinski definition) is 3. The predicted octanol–water partition coefficient (Wildman–Crippen LogP) is 2.17. The first-order valence-corrected chi connectivity index (χ1v) is 7.34. The number of aliphatic hydroxyl groups is 1. The zero-order valence-electron chi connectivity index (χ0n) is 12.6. The molecular weight excluding hydrogens is 269 g/mol. The first-order valence-electron chi connectivity index (χ1n) is 7.34. The highest BCUT2D eigenvalue weighted by Gasteiger charge is 2.22. The summed E-state index contributed by atoms with van der Waals surface area (Å²) in [6.07, 6.45) is 0.804. The Labute approximate surface area is 125 Å². The highest BCUT2D eigenvalue weighted by molar-refractivity contribution is 5.38. The number of hydrogen-bond donors (Lipinski definition) is 1. The second kappa shape index (κ2) is 7.56. The van der Waals surface area contributed by atoms with Crippen LogP contribution < -0.4 is 0 Å². The molecule has 1 fully saturated rings. The molecule has 114 valence electrons. The molecule has 0 radical (unpaired) electrons. The van der Waals surface area contributed by atoms with Crippen LogP contribution in [0.2, 0.25) is 0 Å². The van der Waals surface area contributed by atoms with Crippen molar-refractivity contribution < 1.29 is 14.2 Å². The van der Waals surface area contributed by atoms with Gasteiger partial charge < -0.3 is 9.84 Å². The molecule has 0 aliphatic carbocycles. The van der Waals surface area contributed by atoms with Crippen LogP contribution >= 0.6 is 0 Å². The van der Waals surface area contributed by atoms with Gasteiger partial charge in [-0.15, -0.1) is 0 Å². The Morgan fingerprint density at radius 1 is 1.33 bits per heavy atom. The molecule has 0 amide bonds. The molecule has 2 unspecified atom stereocenters. The minimum Gasteiger partial charge on any atom is -0.395 e. The molecule has 1 saturated heterocycles. The monoisotopic (exact) mass is 291 g/mol. The lowest BCUT2D eigenvalue weighted by atomic mass is 10.1. The fraction of sp³-hybridized carbons (Fsp3) is 0.529. The van der Waals surface area contributed by atoms with Gasteiger partial charge in [-0.1, -0.05) is 17.9 Å². The molecular formula is C17H22FNO2. The van der Waals surface area contributed by atoms with Crippen molar-refractivity contribution in [3.63, 3.8) is 0 Å². The molecule has 1 heterocycles. The summed E-state index contributed by atoms with van der Waals surface area (Å²) >= 11 is 0. The van der Waals surface area contributed by atoms with Crippen LogP contribution in [-0.2, 0) is 11.3 Å². The van der Waals surface area contributed by atoms with E-state index in [-0.39, 0.29) is 24.6 Å². The lowest BCUT2D eigenvalue weighted by molar-refractivity contribution is -0.0704. The molecule has 3 nitrogen and oxygen atoms in total. The summed E-state index contributed by atoms with van der Waals surface area (Å²) in [5, 5.41) is 8.72. The van der Waals surface area contributed by atoms with Crippen LogP contribution in [0.1, 0.15) is 31.4 Å². The number of morpholine rings is 1. The summed E-state index contributed by atoms with van der Waals surface area (Å²) in [5.74, 6) is 5.23. The van der Waals surface area contributed by atoms with Gasteiger partial charge in [0.25, 0.3) is 0 Å². The molecule has 21 heavy (non-hydrogen) atoms. The van der Waals surface area contributed by atoms with Gasteiger partial charge in [0.05, 0.1) is 24.4 Å². The van der Waals surface area contributed by atoms with Crippen LogP contribution in [0.4, 0.5) is 4.39 Å². The van der Waals surface area contributed by atoms with Gasteiger partial charge in [0.1, 0.15) is 5.82 Å². The highest BCUT2D eigenvalue weighted by Crippen LogP contribution is 2.16. The van der Waals surface area contributed by atoms with Gasteiger partial charge in [-0.05, 0) is 31.5 Å². The van der Waals surface area contributed by atoms with Crippen LogP contribution in [0.25, 0.3) is 0 Å². The van der Waals surface area contributed by atoms with Crippen molar-refractivity contribution in [2.24, 2.45) is 0 Å². The van der Waals surface area contributed by atoms with Crippen molar-refractivity contribution in [3.8, 4) is 11.8 Å². The second-order valence-corrected chi connectivity index (χ2v) is 5.54. The fourth-order valence-electron chi connectivity index (χ4n) is 2.65. The van der Waals surface area contributed by atoms with E-state index < -0.39 is 0 Å². The van der Waals surface area contributed by atoms with Gasteiger partial charge in [0.15, 0.2) is 0 Å². The Morgan fingerprint density at radius 3 is 2.71 bits per heavy atom. The third-order valence-electron chi connectivity index (χ3n) is 3.39.